The summed E-state index contributed by atoms with van der Waals surface area (Å²) in [5.74, 6) is -2.71. The number of methoxy groups -OCH3 is 1. The van der Waals surface area contributed by atoms with Gasteiger partial charge in [0.25, 0.3) is 11.8 Å². The number of esters is 1. The van der Waals surface area contributed by atoms with E-state index in [1.165, 1.54) is 25.3 Å². The molecule has 0 aliphatic heterocycles. The van der Waals surface area contributed by atoms with Crippen molar-refractivity contribution >= 4 is 17.8 Å². The Hall–Kier alpha value is -3.49. The van der Waals surface area contributed by atoms with Crippen molar-refractivity contribution in [2.45, 2.75) is 6.61 Å². The third kappa shape index (κ3) is 5.77. The first-order valence-corrected chi connectivity index (χ1v) is 7.60. The smallest absolute Gasteiger partial charge is 0.387 e. The zero-order valence-corrected chi connectivity index (χ0v) is 14.1. The first-order chi connectivity index (χ1) is 12.9. The summed E-state index contributed by atoms with van der Waals surface area (Å²) in [6, 6.07) is 11.4. The van der Waals surface area contributed by atoms with Crippen LogP contribution in [0.4, 0.5) is 8.78 Å². The minimum Gasteiger partial charge on any atom is -0.493 e. The standard InChI is InChI=1S/C18H15F2NO6/c1-25-14-9-12(7-8-13(14)27-18(19)20)17(24)26-10-15(22)21-16(23)11-5-3-2-4-6-11/h2-9,18H,10H2,1H3,(H,21,22,23). The molecule has 7 nitrogen and oxygen atoms in total. The van der Waals surface area contributed by atoms with Gasteiger partial charge in [-0.1, -0.05) is 18.2 Å². The zero-order chi connectivity index (χ0) is 19.8. The lowest BCUT2D eigenvalue weighted by molar-refractivity contribution is -0.123. The van der Waals surface area contributed by atoms with Crippen LogP contribution in [0.3, 0.4) is 0 Å². The fraction of sp³-hybridized carbons (Fsp3) is 0.167. The quantitative estimate of drug-likeness (QED) is 0.743. The molecule has 0 heterocycles. The number of ether oxygens (including phenoxy) is 3. The van der Waals surface area contributed by atoms with Crippen molar-refractivity contribution in [1.82, 2.24) is 5.32 Å². The van der Waals surface area contributed by atoms with E-state index in [0.717, 1.165) is 12.1 Å². The maximum Gasteiger partial charge on any atom is 0.387 e. The molecule has 0 unspecified atom stereocenters. The highest BCUT2D eigenvalue weighted by molar-refractivity contribution is 6.05. The molecule has 0 aliphatic rings. The second-order valence-electron chi connectivity index (χ2n) is 5.06. The molecule has 0 saturated carbocycles. The van der Waals surface area contributed by atoms with Crippen LogP contribution in [0.5, 0.6) is 11.5 Å². The van der Waals surface area contributed by atoms with E-state index in [0.29, 0.717) is 0 Å². The topological polar surface area (TPSA) is 90.9 Å². The van der Waals surface area contributed by atoms with E-state index < -0.39 is 31.0 Å². The Morgan fingerprint density at radius 1 is 1.00 bits per heavy atom. The minimum atomic E-state index is -3.05. The molecule has 9 heteroatoms. The van der Waals surface area contributed by atoms with Crippen LogP contribution in [0, 0.1) is 0 Å². The average Bonchev–Trinajstić information content (AvgIpc) is 2.66. The van der Waals surface area contributed by atoms with Crippen molar-refractivity contribution in [3.05, 3.63) is 59.7 Å². The number of rotatable bonds is 7. The van der Waals surface area contributed by atoms with Crippen molar-refractivity contribution in [3.63, 3.8) is 0 Å². The molecule has 1 N–H and O–H groups in total. The van der Waals surface area contributed by atoms with Crippen LogP contribution >= 0.6 is 0 Å². The van der Waals surface area contributed by atoms with Gasteiger partial charge in [-0.25, -0.2) is 4.79 Å². The number of imide groups is 1. The summed E-state index contributed by atoms with van der Waals surface area (Å²) in [6.45, 7) is -3.75. The molecule has 142 valence electrons. The maximum atomic E-state index is 12.3. The van der Waals surface area contributed by atoms with Gasteiger partial charge in [0.05, 0.1) is 12.7 Å². The molecule has 0 aromatic heterocycles. The first-order valence-electron chi connectivity index (χ1n) is 7.60. The Bertz CT molecular complexity index is 826. The van der Waals surface area contributed by atoms with Crippen molar-refractivity contribution < 1.29 is 37.4 Å². The van der Waals surface area contributed by atoms with Crippen LogP contribution in [0.2, 0.25) is 0 Å². The molecular weight excluding hydrogens is 364 g/mol. The fourth-order valence-electron chi connectivity index (χ4n) is 2.03. The van der Waals surface area contributed by atoms with Crippen molar-refractivity contribution in [2.24, 2.45) is 0 Å². The van der Waals surface area contributed by atoms with Gasteiger partial charge in [0.1, 0.15) is 0 Å². The molecule has 2 aromatic carbocycles. The predicted molar refractivity (Wildman–Crippen MR) is 88.8 cm³/mol. The molecule has 0 radical (unpaired) electrons. The van der Waals surface area contributed by atoms with Gasteiger partial charge in [-0.2, -0.15) is 8.78 Å². The average molecular weight is 379 g/mol. The Labute approximate surface area is 152 Å². The minimum absolute atomic E-state index is 0.0457. The summed E-state index contributed by atoms with van der Waals surface area (Å²) in [6.07, 6.45) is 0. The zero-order valence-electron chi connectivity index (χ0n) is 14.1. The molecule has 0 aliphatic carbocycles. The second kappa shape index (κ2) is 9.27. The van der Waals surface area contributed by atoms with Crippen molar-refractivity contribution in [2.75, 3.05) is 13.7 Å². The molecule has 2 aromatic rings. The normalized spacial score (nSPS) is 10.2. The van der Waals surface area contributed by atoms with Gasteiger partial charge in [0.15, 0.2) is 18.1 Å². The number of carbonyl (C=O) groups excluding carboxylic acids is 3. The lowest BCUT2D eigenvalue weighted by Gasteiger charge is -2.11. The monoisotopic (exact) mass is 379 g/mol. The molecule has 0 fully saturated rings. The summed E-state index contributed by atoms with van der Waals surface area (Å²) in [7, 11) is 1.21. The molecule has 0 bridgehead atoms. The van der Waals surface area contributed by atoms with Crippen LogP contribution in [-0.2, 0) is 9.53 Å². The Kier molecular flexibility index (Phi) is 6.81. The highest BCUT2D eigenvalue weighted by Crippen LogP contribution is 2.29. The Morgan fingerprint density at radius 2 is 1.70 bits per heavy atom. The van der Waals surface area contributed by atoms with Crippen LogP contribution in [0.15, 0.2) is 48.5 Å². The van der Waals surface area contributed by atoms with E-state index >= 15 is 0 Å². The Balaban J connectivity index is 1.93. The van der Waals surface area contributed by atoms with Crippen LogP contribution in [-0.4, -0.2) is 38.1 Å². The third-order valence-corrected chi connectivity index (χ3v) is 3.24. The van der Waals surface area contributed by atoms with Gasteiger partial charge in [-0.3, -0.25) is 14.9 Å². The number of amides is 2. The molecule has 2 amide bonds. The Morgan fingerprint density at radius 3 is 2.33 bits per heavy atom. The number of hydrogen-bond acceptors (Lipinski definition) is 6. The van der Waals surface area contributed by atoms with E-state index in [2.05, 4.69) is 10.1 Å². The van der Waals surface area contributed by atoms with E-state index in [1.807, 2.05) is 0 Å². The highest BCUT2D eigenvalue weighted by atomic mass is 19.3. The van der Waals surface area contributed by atoms with Gasteiger partial charge < -0.3 is 14.2 Å². The van der Waals surface area contributed by atoms with E-state index in [4.69, 9.17) is 9.47 Å². The van der Waals surface area contributed by atoms with E-state index in [-0.39, 0.29) is 22.6 Å². The number of alkyl halides is 2. The summed E-state index contributed by atoms with van der Waals surface area (Å²) in [4.78, 5) is 35.5. The van der Waals surface area contributed by atoms with E-state index in [1.54, 1.807) is 18.2 Å². The summed E-state index contributed by atoms with van der Waals surface area (Å²) < 4.78 is 38.5. The van der Waals surface area contributed by atoms with Crippen LogP contribution in [0.25, 0.3) is 0 Å². The lowest BCUT2D eigenvalue weighted by Crippen LogP contribution is -2.34. The van der Waals surface area contributed by atoms with Gasteiger partial charge >= 0.3 is 12.6 Å². The summed E-state index contributed by atoms with van der Waals surface area (Å²) >= 11 is 0. The largest absolute Gasteiger partial charge is 0.493 e. The molecule has 0 spiro atoms. The third-order valence-electron chi connectivity index (χ3n) is 3.24. The molecule has 27 heavy (non-hydrogen) atoms. The summed E-state index contributed by atoms with van der Waals surface area (Å²) in [5.41, 5.74) is 0.229. The molecule has 2 rings (SSSR count). The highest BCUT2D eigenvalue weighted by Gasteiger charge is 2.17. The molecule has 0 atom stereocenters. The van der Waals surface area contributed by atoms with Gasteiger partial charge in [-0.05, 0) is 30.3 Å². The molecule has 0 saturated heterocycles. The SMILES string of the molecule is COc1cc(C(=O)OCC(=O)NC(=O)c2ccccc2)ccc1OC(F)F. The fourth-order valence-corrected chi connectivity index (χ4v) is 2.03. The van der Waals surface area contributed by atoms with Crippen LogP contribution in [0.1, 0.15) is 20.7 Å². The lowest BCUT2D eigenvalue weighted by atomic mass is 10.2. The number of nitrogens with one attached hydrogen (secondary N) is 1. The van der Waals surface area contributed by atoms with Crippen molar-refractivity contribution in [1.29, 1.82) is 0 Å². The number of halogens is 2. The van der Waals surface area contributed by atoms with Crippen molar-refractivity contribution in [3.8, 4) is 11.5 Å². The molecular formula is C18H15F2NO6. The van der Waals surface area contributed by atoms with Gasteiger partial charge in [-0.15, -0.1) is 0 Å². The van der Waals surface area contributed by atoms with E-state index in [9.17, 15) is 23.2 Å². The predicted octanol–water partition coefficient (Wildman–Crippen LogP) is 2.41. The van der Waals surface area contributed by atoms with Gasteiger partial charge in [0, 0.05) is 5.56 Å². The first kappa shape index (κ1) is 19.8. The number of carbonyl (C=O) groups is 3. The van der Waals surface area contributed by atoms with Crippen LogP contribution < -0.4 is 14.8 Å². The maximum absolute atomic E-state index is 12.3. The number of benzene rings is 2. The second-order valence-corrected chi connectivity index (χ2v) is 5.06. The number of hydrogen-bond donors (Lipinski definition) is 1. The van der Waals surface area contributed by atoms with Gasteiger partial charge in [0.2, 0.25) is 0 Å². The summed E-state index contributed by atoms with van der Waals surface area (Å²) in [5, 5.41) is 2.07.